The van der Waals surface area contributed by atoms with Crippen LogP contribution in [0.25, 0.3) is 6.08 Å². The van der Waals surface area contributed by atoms with Crippen molar-refractivity contribution in [2.24, 2.45) is 0 Å². The third-order valence-corrected chi connectivity index (χ3v) is 5.14. The maximum absolute atomic E-state index is 11.8. The first-order valence-electron chi connectivity index (χ1n) is 8.69. The van der Waals surface area contributed by atoms with Crippen LogP contribution >= 0.6 is 24.0 Å². The van der Waals surface area contributed by atoms with Gasteiger partial charge in [-0.25, -0.2) is 0 Å². The molecule has 1 amide bonds. The number of hydrogen-bond acceptors (Lipinski definition) is 5. The lowest BCUT2D eigenvalue weighted by Crippen LogP contribution is -2.17. The molecule has 1 aliphatic rings. The molecule has 27 heavy (non-hydrogen) atoms. The molecule has 2 aromatic rings. The zero-order valence-electron chi connectivity index (χ0n) is 15.3. The van der Waals surface area contributed by atoms with Gasteiger partial charge in [0, 0.05) is 12.0 Å². The Balaban J connectivity index is 1.54. The van der Waals surface area contributed by atoms with Gasteiger partial charge in [0.1, 0.15) is 15.8 Å². The van der Waals surface area contributed by atoms with Crippen molar-refractivity contribution < 1.29 is 14.3 Å². The highest BCUT2D eigenvalue weighted by Crippen LogP contribution is 2.29. The minimum atomic E-state index is -0.165. The van der Waals surface area contributed by atoms with Crippen molar-refractivity contribution in [3.8, 4) is 11.5 Å². The van der Waals surface area contributed by atoms with Crippen LogP contribution in [-0.2, 0) is 4.79 Å². The molecule has 0 aliphatic carbocycles. The lowest BCUT2D eigenvalue weighted by Gasteiger charge is -2.12. The van der Waals surface area contributed by atoms with Gasteiger partial charge in [0.15, 0.2) is 0 Å². The third kappa shape index (κ3) is 5.34. The highest BCUT2D eigenvalue weighted by atomic mass is 32.2. The van der Waals surface area contributed by atoms with Crippen LogP contribution in [0.1, 0.15) is 23.1 Å². The Bertz CT molecular complexity index is 893. The molecule has 1 heterocycles. The van der Waals surface area contributed by atoms with E-state index in [0.29, 0.717) is 22.4 Å². The molecule has 3 rings (SSSR count). The second-order valence-corrected chi connectivity index (χ2v) is 7.93. The smallest absolute Gasteiger partial charge is 0.263 e. The number of amides is 1. The van der Waals surface area contributed by atoms with Crippen molar-refractivity contribution in [2.45, 2.75) is 20.3 Å². The molecule has 2 aromatic carbocycles. The SMILES string of the molecule is Cc1ccc(OCCCOc2ccccc2/C=C2\SC(=S)NC2=O)c(C)c1. The van der Waals surface area contributed by atoms with Gasteiger partial charge in [-0.3, -0.25) is 4.79 Å². The molecule has 0 aromatic heterocycles. The summed E-state index contributed by atoms with van der Waals surface area (Å²) >= 11 is 6.29. The average Bonchev–Trinajstić information content (AvgIpc) is 2.95. The van der Waals surface area contributed by atoms with Gasteiger partial charge in [-0.15, -0.1) is 0 Å². The normalized spacial score (nSPS) is 15.1. The molecule has 0 saturated carbocycles. The van der Waals surface area contributed by atoms with Crippen LogP contribution in [0.5, 0.6) is 11.5 Å². The molecule has 0 unspecified atom stereocenters. The zero-order valence-corrected chi connectivity index (χ0v) is 16.9. The first-order chi connectivity index (χ1) is 13.0. The van der Waals surface area contributed by atoms with E-state index in [1.807, 2.05) is 43.3 Å². The Kier molecular flexibility index (Phi) is 6.53. The third-order valence-electron chi connectivity index (χ3n) is 3.98. The van der Waals surface area contributed by atoms with Crippen molar-refractivity contribution in [3.05, 3.63) is 64.1 Å². The highest BCUT2D eigenvalue weighted by molar-refractivity contribution is 8.26. The number of ether oxygens (including phenoxy) is 2. The largest absolute Gasteiger partial charge is 0.493 e. The molecule has 1 aliphatic heterocycles. The Morgan fingerprint density at radius 3 is 2.52 bits per heavy atom. The first-order valence-corrected chi connectivity index (χ1v) is 9.92. The molecule has 1 fully saturated rings. The monoisotopic (exact) mass is 399 g/mol. The van der Waals surface area contributed by atoms with Gasteiger partial charge in [-0.05, 0) is 37.6 Å². The van der Waals surface area contributed by atoms with E-state index in [4.69, 9.17) is 21.7 Å². The fraction of sp³-hybridized carbons (Fsp3) is 0.238. The Hall–Kier alpha value is -2.31. The van der Waals surface area contributed by atoms with Crippen molar-refractivity contribution in [1.29, 1.82) is 0 Å². The Morgan fingerprint density at radius 2 is 1.81 bits per heavy atom. The minimum Gasteiger partial charge on any atom is -0.493 e. The fourth-order valence-corrected chi connectivity index (χ4v) is 3.71. The molecule has 0 bridgehead atoms. The second-order valence-electron chi connectivity index (χ2n) is 6.21. The van der Waals surface area contributed by atoms with Crippen LogP contribution in [0.2, 0.25) is 0 Å². The summed E-state index contributed by atoms with van der Waals surface area (Å²) < 4.78 is 12.2. The Morgan fingerprint density at radius 1 is 1.07 bits per heavy atom. The van der Waals surface area contributed by atoms with Crippen LogP contribution in [-0.4, -0.2) is 23.4 Å². The lowest BCUT2D eigenvalue weighted by molar-refractivity contribution is -0.115. The maximum atomic E-state index is 11.8. The standard InChI is InChI=1S/C21H21NO3S2/c1-14-8-9-17(15(2)12-14)24-10-5-11-25-18-7-4-3-6-16(18)13-19-20(23)22-21(26)27-19/h3-4,6-9,12-13H,5,10-11H2,1-2H3,(H,22,23,26)/b19-13-. The van der Waals surface area contributed by atoms with E-state index >= 15 is 0 Å². The molecule has 140 valence electrons. The van der Waals surface area contributed by atoms with Gasteiger partial charge in [0.05, 0.1) is 18.1 Å². The predicted molar refractivity (Wildman–Crippen MR) is 114 cm³/mol. The molecule has 0 atom stereocenters. The number of hydrogen-bond donors (Lipinski definition) is 1. The first kappa shape index (κ1) is 19.5. The topological polar surface area (TPSA) is 47.6 Å². The van der Waals surface area contributed by atoms with Crippen molar-refractivity contribution in [2.75, 3.05) is 13.2 Å². The van der Waals surface area contributed by atoms with Gasteiger partial charge in [-0.1, -0.05) is 59.9 Å². The van der Waals surface area contributed by atoms with Gasteiger partial charge >= 0.3 is 0 Å². The summed E-state index contributed by atoms with van der Waals surface area (Å²) in [4.78, 5) is 12.4. The molecule has 0 radical (unpaired) electrons. The van der Waals surface area contributed by atoms with Crippen molar-refractivity contribution in [3.63, 3.8) is 0 Å². The summed E-state index contributed by atoms with van der Waals surface area (Å²) in [6.07, 6.45) is 2.57. The van der Waals surface area contributed by atoms with Gasteiger partial charge in [-0.2, -0.15) is 0 Å². The number of para-hydroxylation sites is 1. The van der Waals surface area contributed by atoms with Crippen molar-refractivity contribution >= 4 is 40.3 Å². The van der Waals surface area contributed by atoms with E-state index in [2.05, 4.69) is 18.3 Å². The van der Waals surface area contributed by atoms with Crippen LogP contribution in [0.15, 0.2) is 47.4 Å². The summed E-state index contributed by atoms with van der Waals surface area (Å²) in [7, 11) is 0. The van der Waals surface area contributed by atoms with Crippen LogP contribution in [0, 0.1) is 13.8 Å². The maximum Gasteiger partial charge on any atom is 0.263 e. The number of carbonyl (C=O) groups excluding carboxylic acids is 1. The van der Waals surface area contributed by atoms with Gasteiger partial charge in [0.2, 0.25) is 0 Å². The number of thioether (sulfide) groups is 1. The zero-order chi connectivity index (χ0) is 19.2. The van der Waals surface area contributed by atoms with E-state index in [1.165, 1.54) is 17.3 Å². The lowest BCUT2D eigenvalue weighted by atomic mass is 10.1. The predicted octanol–water partition coefficient (Wildman–Crippen LogP) is 4.64. The van der Waals surface area contributed by atoms with Crippen LogP contribution in [0.4, 0.5) is 0 Å². The summed E-state index contributed by atoms with van der Waals surface area (Å²) in [5.41, 5.74) is 3.22. The quantitative estimate of drug-likeness (QED) is 0.418. The van der Waals surface area contributed by atoms with Gasteiger partial charge < -0.3 is 14.8 Å². The molecule has 1 saturated heterocycles. The number of rotatable bonds is 7. The van der Waals surface area contributed by atoms with E-state index in [-0.39, 0.29) is 5.91 Å². The molecular formula is C21H21NO3S2. The molecular weight excluding hydrogens is 378 g/mol. The number of benzene rings is 2. The van der Waals surface area contributed by atoms with Gasteiger partial charge in [0.25, 0.3) is 5.91 Å². The van der Waals surface area contributed by atoms with E-state index < -0.39 is 0 Å². The van der Waals surface area contributed by atoms with Crippen molar-refractivity contribution in [1.82, 2.24) is 5.32 Å². The summed E-state index contributed by atoms with van der Waals surface area (Å²) in [5.74, 6) is 1.48. The van der Waals surface area contributed by atoms with E-state index in [9.17, 15) is 4.79 Å². The number of carbonyl (C=O) groups is 1. The summed E-state index contributed by atoms with van der Waals surface area (Å²) in [5, 5.41) is 2.62. The highest BCUT2D eigenvalue weighted by Gasteiger charge is 2.22. The summed E-state index contributed by atoms with van der Waals surface area (Å²) in [6.45, 7) is 5.23. The van der Waals surface area contributed by atoms with E-state index in [1.54, 1.807) is 6.08 Å². The van der Waals surface area contributed by atoms with E-state index in [0.717, 1.165) is 29.0 Å². The second kappa shape index (κ2) is 9.06. The van der Waals surface area contributed by atoms with Crippen LogP contribution < -0.4 is 14.8 Å². The Labute approximate surface area is 168 Å². The molecule has 0 spiro atoms. The molecule has 4 nitrogen and oxygen atoms in total. The average molecular weight is 400 g/mol. The summed E-state index contributed by atoms with van der Waals surface area (Å²) in [6, 6.07) is 13.8. The van der Waals surface area contributed by atoms with Crippen LogP contribution in [0.3, 0.4) is 0 Å². The minimum absolute atomic E-state index is 0.165. The number of thiocarbonyl (C=S) groups is 1. The number of aryl methyl sites for hydroxylation is 2. The fourth-order valence-electron chi connectivity index (χ4n) is 2.68. The molecule has 1 N–H and O–H groups in total. The molecule has 6 heteroatoms. The number of nitrogens with one attached hydrogen (secondary N) is 1.